The number of pyridine rings is 1. The summed E-state index contributed by atoms with van der Waals surface area (Å²) >= 11 is 0. The van der Waals surface area contributed by atoms with E-state index in [1.165, 1.54) is 14.0 Å². The molecule has 9 heteroatoms. The molecule has 30 heavy (non-hydrogen) atoms. The van der Waals surface area contributed by atoms with Gasteiger partial charge in [0.05, 0.1) is 18.5 Å². The number of nitriles is 1. The van der Waals surface area contributed by atoms with Crippen molar-refractivity contribution in [2.75, 3.05) is 12.8 Å². The second-order valence-corrected chi connectivity index (χ2v) is 6.69. The van der Waals surface area contributed by atoms with Gasteiger partial charge in [-0.3, -0.25) is 4.68 Å². The predicted octanol–water partition coefficient (Wildman–Crippen LogP) is 2.77. The second kappa shape index (κ2) is 8.13. The smallest absolute Gasteiger partial charge is 0.344 e. The number of carbonyl (C=O) groups is 1. The first-order valence-corrected chi connectivity index (χ1v) is 9.04. The Bertz CT molecular complexity index is 1160. The quantitative estimate of drug-likeness (QED) is 0.636. The Hall–Kier alpha value is -4.06. The summed E-state index contributed by atoms with van der Waals surface area (Å²) in [5.74, 6) is -0.377. The van der Waals surface area contributed by atoms with Gasteiger partial charge in [0.25, 0.3) is 0 Å². The fourth-order valence-electron chi connectivity index (χ4n) is 3.07. The van der Waals surface area contributed by atoms with E-state index in [0.717, 1.165) is 11.3 Å². The minimum absolute atomic E-state index is 0.104. The molecule has 9 nitrogen and oxygen atoms in total. The molecule has 0 aliphatic heterocycles. The van der Waals surface area contributed by atoms with E-state index in [1.807, 2.05) is 20.2 Å². The summed E-state index contributed by atoms with van der Waals surface area (Å²) in [6.45, 7) is 3.29. The third-order valence-corrected chi connectivity index (χ3v) is 4.57. The number of aromatic nitrogens is 3. The van der Waals surface area contributed by atoms with Gasteiger partial charge in [-0.2, -0.15) is 10.4 Å². The maximum Gasteiger partial charge on any atom is 0.344 e. The van der Waals surface area contributed by atoms with E-state index in [0.29, 0.717) is 22.6 Å². The van der Waals surface area contributed by atoms with E-state index in [2.05, 4.69) is 16.2 Å². The highest BCUT2D eigenvalue weighted by Gasteiger charge is 2.19. The monoisotopic (exact) mass is 407 g/mol. The number of nitrogens with zero attached hydrogens (tertiary/aromatic N) is 4. The molecule has 1 unspecified atom stereocenters. The zero-order valence-corrected chi connectivity index (χ0v) is 17.0. The average Bonchev–Trinajstić information content (AvgIpc) is 3.05. The van der Waals surface area contributed by atoms with Gasteiger partial charge in [-0.25, -0.2) is 9.78 Å². The molecule has 1 atom stereocenters. The third kappa shape index (κ3) is 3.89. The van der Waals surface area contributed by atoms with Crippen LogP contribution in [0, 0.1) is 18.3 Å². The number of carboxylic acids is 1. The number of nitrogen functional groups attached to an aromatic ring is 1. The van der Waals surface area contributed by atoms with Gasteiger partial charge in [-0.1, -0.05) is 6.07 Å². The molecule has 0 spiro atoms. The van der Waals surface area contributed by atoms with E-state index in [1.54, 1.807) is 28.9 Å². The highest BCUT2D eigenvalue weighted by atomic mass is 16.5. The summed E-state index contributed by atoms with van der Waals surface area (Å²) in [7, 11) is 3.26. The Morgan fingerprint density at radius 2 is 2.03 bits per heavy atom. The summed E-state index contributed by atoms with van der Waals surface area (Å²) in [4.78, 5) is 15.5. The Labute approximate surface area is 173 Å². The lowest BCUT2D eigenvalue weighted by atomic mass is 9.98. The number of hydrogen-bond donors (Lipinski definition) is 2. The first-order valence-electron chi connectivity index (χ1n) is 9.04. The molecule has 3 N–H and O–H groups in total. The van der Waals surface area contributed by atoms with Crippen LogP contribution < -0.4 is 15.2 Å². The predicted molar refractivity (Wildman–Crippen MR) is 110 cm³/mol. The first kappa shape index (κ1) is 20.7. The zero-order valence-electron chi connectivity index (χ0n) is 17.0. The molecule has 0 aliphatic carbocycles. The number of benzene rings is 1. The molecule has 2 aromatic heterocycles. The molecule has 0 radical (unpaired) electrons. The molecule has 0 fully saturated rings. The van der Waals surface area contributed by atoms with Crippen molar-refractivity contribution < 1.29 is 19.4 Å². The molecule has 0 amide bonds. The van der Waals surface area contributed by atoms with Crippen LogP contribution in [0.5, 0.6) is 11.5 Å². The van der Waals surface area contributed by atoms with E-state index in [9.17, 15) is 10.1 Å². The van der Waals surface area contributed by atoms with Gasteiger partial charge in [0.15, 0.2) is 17.6 Å². The number of hydrogen-bond acceptors (Lipinski definition) is 7. The summed E-state index contributed by atoms with van der Waals surface area (Å²) in [6.07, 6.45) is 0.786. The molecule has 3 aromatic rings. The van der Waals surface area contributed by atoms with E-state index < -0.39 is 12.1 Å². The molecular weight excluding hydrogens is 386 g/mol. The normalized spacial score (nSPS) is 11.6. The van der Waals surface area contributed by atoms with Crippen LogP contribution in [0.3, 0.4) is 0 Å². The van der Waals surface area contributed by atoms with Gasteiger partial charge in [0.1, 0.15) is 17.5 Å². The molecule has 0 saturated carbocycles. The van der Waals surface area contributed by atoms with Crippen molar-refractivity contribution >= 4 is 11.8 Å². The minimum atomic E-state index is -1.09. The van der Waals surface area contributed by atoms with Crippen molar-refractivity contribution in [2.45, 2.75) is 20.0 Å². The Morgan fingerprint density at radius 1 is 1.30 bits per heavy atom. The summed E-state index contributed by atoms with van der Waals surface area (Å²) in [6, 6.07) is 8.85. The molecule has 154 valence electrons. The highest BCUT2D eigenvalue weighted by Crippen LogP contribution is 2.37. The maximum absolute atomic E-state index is 11.1. The van der Waals surface area contributed by atoms with Crippen molar-refractivity contribution in [3.8, 4) is 40.0 Å². The van der Waals surface area contributed by atoms with Crippen LogP contribution >= 0.6 is 0 Å². The highest BCUT2D eigenvalue weighted by molar-refractivity contribution is 5.81. The van der Waals surface area contributed by atoms with E-state index >= 15 is 0 Å². The SMILES string of the molecule is COc1cc(-c2cc(-c3cn(C)nc3C)nc(N)c2C#N)ccc1OC(C)C(=O)O. The van der Waals surface area contributed by atoms with Crippen molar-refractivity contribution in [1.82, 2.24) is 14.8 Å². The van der Waals surface area contributed by atoms with E-state index in [-0.39, 0.29) is 17.1 Å². The number of carboxylic acid groups (broad SMARTS) is 1. The van der Waals surface area contributed by atoms with Crippen LogP contribution in [0.2, 0.25) is 0 Å². The Morgan fingerprint density at radius 3 is 2.60 bits per heavy atom. The number of rotatable bonds is 6. The van der Waals surface area contributed by atoms with Crippen LogP contribution in [-0.2, 0) is 11.8 Å². The van der Waals surface area contributed by atoms with Crippen LogP contribution in [0.25, 0.3) is 22.4 Å². The lowest BCUT2D eigenvalue weighted by molar-refractivity contribution is -0.144. The summed E-state index contributed by atoms with van der Waals surface area (Å²) < 4.78 is 12.5. The number of nitrogens with two attached hydrogens (primary N) is 1. The maximum atomic E-state index is 11.1. The van der Waals surface area contributed by atoms with Crippen molar-refractivity contribution in [3.63, 3.8) is 0 Å². The molecule has 3 rings (SSSR count). The standard InChI is InChI=1S/C21H21N5O4/c1-11-16(10-26(3)25-11)17-8-14(15(9-22)20(23)24-17)13-5-6-18(19(7-13)29-4)30-12(2)21(27)28/h5-8,10,12H,1-4H3,(H2,23,24)(H,27,28). The van der Waals surface area contributed by atoms with Gasteiger partial charge in [0, 0.05) is 24.4 Å². The summed E-state index contributed by atoms with van der Waals surface area (Å²) in [5.41, 5.74) is 9.70. The van der Waals surface area contributed by atoms with Gasteiger partial charge in [0.2, 0.25) is 0 Å². The summed E-state index contributed by atoms with van der Waals surface area (Å²) in [5, 5.41) is 23.0. The minimum Gasteiger partial charge on any atom is -0.493 e. The largest absolute Gasteiger partial charge is 0.493 e. The zero-order chi connectivity index (χ0) is 22.0. The molecule has 0 bridgehead atoms. The number of anilines is 1. The Balaban J connectivity index is 2.13. The van der Waals surface area contributed by atoms with Crippen molar-refractivity contribution in [2.24, 2.45) is 7.05 Å². The van der Waals surface area contributed by atoms with Crippen LogP contribution in [0.4, 0.5) is 5.82 Å². The van der Waals surface area contributed by atoms with Crippen molar-refractivity contribution in [1.29, 1.82) is 5.26 Å². The van der Waals surface area contributed by atoms with Crippen LogP contribution in [0.1, 0.15) is 18.2 Å². The molecule has 2 heterocycles. The third-order valence-electron chi connectivity index (χ3n) is 4.57. The fraction of sp³-hybridized carbons (Fsp3) is 0.238. The molecule has 0 aliphatic rings. The van der Waals surface area contributed by atoms with Gasteiger partial charge < -0.3 is 20.3 Å². The number of aryl methyl sites for hydroxylation is 2. The fourth-order valence-corrected chi connectivity index (χ4v) is 3.07. The first-order chi connectivity index (χ1) is 14.2. The van der Waals surface area contributed by atoms with Crippen LogP contribution in [0.15, 0.2) is 30.5 Å². The Kier molecular flexibility index (Phi) is 5.60. The van der Waals surface area contributed by atoms with Gasteiger partial charge in [-0.15, -0.1) is 0 Å². The molecule has 0 saturated heterocycles. The molecular formula is C21H21N5O4. The van der Waals surface area contributed by atoms with Crippen LogP contribution in [-0.4, -0.2) is 39.1 Å². The number of ether oxygens (including phenoxy) is 2. The lowest BCUT2D eigenvalue weighted by Gasteiger charge is -2.16. The number of methoxy groups -OCH3 is 1. The lowest BCUT2D eigenvalue weighted by Crippen LogP contribution is -2.23. The average molecular weight is 407 g/mol. The van der Waals surface area contributed by atoms with E-state index in [4.69, 9.17) is 20.3 Å². The van der Waals surface area contributed by atoms with Gasteiger partial charge in [-0.05, 0) is 37.6 Å². The topological polar surface area (TPSA) is 136 Å². The number of aliphatic carboxylic acids is 1. The van der Waals surface area contributed by atoms with Crippen molar-refractivity contribution in [3.05, 3.63) is 41.7 Å². The second-order valence-electron chi connectivity index (χ2n) is 6.69. The molecule has 1 aromatic carbocycles. The van der Waals surface area contributed by atoms with Gasteiger partial charge >= 0.3 is 5.97 Å².